The van der Waals surface area contributed by atoms with Crippen LogP contribution in [0.2, 0.25) is 0 Å². The average molecular weight is 275 g/mol. The number of nitrogens with one attached hydrogen (secondary N) is 1. The Morgan fingerprint density at radius 1 is 1.28 bits per heavy atom. The molecule has 1 aliphatic heterocycles. The summed E-state index contributed by atoms with van der Waals surface area (Å²) in [6.45, 7) is 6.55. The van der Waals surface area contributed by atoms with Crippen LogP contribution in [0.15, 0.2) is 0 Å². The molecule has 0 aromatic heterocycles. The monoisotopic (exact) mass is 275 g/mol. The van der Waals surface area contributed by atoms with Crippen LogP contribution in [0.3, 0.4) is 0 Å². The number of hydrogen-bond donors (Lipinski definition) is 2. The maximum atomic E-state index is 12.3. The molecule has 0 aromatic rings. The lowest BCUT2D eigenvalue weighted by Gasteiger charge is -2.35. The van der Waals surface area contributed by atoms with E-state index in [1.54, 1.807) is 4.90 Å². The minimum Gasteiger partial charge on any atom is -0.352 e. The zero-order chi connectivity index (χ0) is 13.9. The van der Waals surface area contributed by atoms with Crippen molar-refractivity contribution in [2.24, 2.45) is 11.1 Å². The topological polar surface area (TPSA) is 92.5 Å². The number of nitrogens with zero attached hydrogens (tertiary/aromatic N) is 1. The minimum absolute atomic E-state index is 0.155. The minimum atomic E-state index is -0.828. The second-order valence-corrected chi connectivity index (χ2v) is 7.18. The van der Waals surface area contributed by atoms with E-state index in [0.29, 0.717) is 24.6 Å². The van der Waals surface area contributed by atoms with Crippen LogP contribution in [0.4, 0.5) is 4.79 Å². The van der Waals surface area contributed by atoms with Gasteiger partial charge in [-0.2, -0.15) is 0 Å². The number of primary amides is 1. The number of hydrogen-bond acceptors (Lipinski definition) is 3. The number of nitrogens with two attached hydrogens (primary N) is 1. The van der Waals surface area contributed by atoms with E-state index in [2.05, 4.69) is 5.32 Å². The Morgan fingerprint density at radius 3 is 2.17 bits per heavy atom. The standard InChI is InChI=1S/C11H21N3O3S/c1-11(2,3)8(13-10(12)16)9(15)14-4-6-18(17)7-5-14/h8H,4-7H2,1-3H3,(H3,12,13,16). The summed E-state index contributed by atoms with van der Waals surface area (Å²) >= 11 is 0. The van der Waals surface area contributed by atoms with E-state index < -0.39 is 28.3 Å². The van der Waals surface area contributed by atoms with Crippen LogP contribution < -0.4 is 11.1 Å². The van der Waals surface area contributed by atoms with Gasteiger partial charge in [0.1, 0.15) is 6.04 Å². The van der Waals surface area contributed by atoms with Crippen molar-refractivity contribution in [1.29, 1.82) is 0 Å². The molecular formula is C11H21N3O3S. The number of carbonyl (C=O) groups is 2. The Hall–Kier alpha value is -1.11. The van der Waals surface area contributed by atoms with Gasteiger partial charge < -0.3 is 16.0 Å². The van der Waals surface area contributed by atoms with Crippen LogP contribution >= 0.6 is 0 Å². The summed E-state index contributed by atoms with van der Waals surface area (Å²) in [7, 11) is -0.828. The predicted molar refractivity (Wildman–Crippen MR) is 70.4 cm³/mol. The second-order valence-electron chi connectivity index (χ2n) is 5.48. The Balaban J connectivity index is 2.76. The Labute approximate surface area is 110 Å². The number of urea groups is 1. The third-order valence-electron chi connectivity index (χ3n) is 2.89. The maximum absolute atomic E-state index is 12.3. The molecule has 0 aromatic carbocycles. The molecule has 0 radical (unpaired) electrons. The van der Waals surface area contributed by atoms with Crippen molar-refractivity contribution in [1.82, 2.24) is 10.2 Å². The van der Waals surface area contributed by atoms with E-state index in [4.69, 9.17) is 5.73 Å². The van der Waals surface area contributed by atoms with E-state index in [0.717, 1.165) is 0 Å². The summed E-state index contributed by atoms with van der Waals surface area (Å²) in [4.78, 5) is 25.0. The fraction of sp³-hybridized carbons (Fsp3) is 0.818. The van der Waals surface area contributed by atoms with Gasteiger partial charge in [0.05, 0.1) is 0 Å². The van der Waals surface area contributed by atoms with E-state index in [-0.39, 0.29) is 5.91 Å². The molecule has 104 valence electrons. The second kappa shape index (κ2) is 5.69. The molecule has 1 heterocycles. The number of amides is 3. The van der Waals surface area contributed by atoms with Crippen LogP contribution in [0.25, 0.3) is 0 Å². The highest BCUT2D eigenvalue weighted by Gasteiger charge is 2.36. The van der Waals surface area contributed by atoms with Gasteiger partial charge in [0.2, 0.25) is 5.91 Å². The van der Waals surface area contributed by atoms with Gasteiger partial charge in [-0.15, -0.1) is 0 Å². The lowest BCUT2D eigenvalue weighted by atomic mass is 9.86. The lowest BCUT2D eigenvalue weighted by Crippen LogP contribution is -2.57. The summed E-state index contributed by atoms with van der Waals surface area (Å²) in [6.07, 6.45) is 0. The molecule has 0 spiro atoms. The SMILES string of the molecule is CC(C)(C)C(NC(N)=O)C(=O)N1CCS(=O)CC1. The van der Waals surface area contributed by atoms with Gasteiger partial charge in [-0.25, -0.2) is 4.79 Å². The first-order chi connectivity index (χ1) is 8.21. The summed E-state index contributed by atoms with van der Waals surface area (Å²) in [6, 6.07) is -1.36. The Kier molecular flexibility index (Phi) is 4.72. The first-order valence-electron chi connectivity index (χ1n) is 5.91. The van der Waals surface area contributed by atoms with Crippen molar-refractivity contribution in [3.8, 4) is 0 Å². The largest absolute Gasteiger partial charge is 0.352 e. The molecule has 1 fully saturated rings. The molecule has 6 nitrogen and oxygen atoms in total. The summed E-state index contributed by atoms with van der Waals surface area (Å²) in [5, 5.41) is 2.50. The third-order valence-corrected chi connectivity index (χ3v) is 4.16. The van der Waals surface area contributed by atoms with Gasteiger partial charge >= 0.3 is 6.03 Å². The molecule has 1 unspecified atom stereocenters. The van der Waals surface area contributed by atoms with Crippen LogP contribution in [-0.2, 0) is 15.6 Å². The van der Waals surface area contributed by atoms with Gasteiger partial charge in [0, 0.05) is 35.4 Å². The van der Waals surface area contributed by atoms with Crippen LogP contribution in [0.1, 0.15) is 20.8 Å². The number of carbonyl (C=O) groups excluding carboxylic acids is 2. The predicted octanol–water partition coefficient (Wildman–Crippen LogP) is -0.340. The molecule has 1 saturated heterocycles. The van der Waals surface area contributed by atoms with Gasteiger partial charge in [0.15, 0.2) is 0 Å². The van der Waals surface area contributed by atoms with Crippen molar-refractivity contribution in [2.45, 2.75) is 26.8 Å². The Morgan fingerprint density at radius 2 is 1.78 bits per heavy atom. The van der Waals surface area contributed by atoms with E-state index in [9.17, 15) is 13.8 Å². The average Bonchev–Trinajstić information content (AvgIpc) is 2.24. The van der Waals surface area contributed by atoms with E-state index in [1.807, 2.05) is 20.8 Å². The van der Waals surface area contributed by atoms with Gasteiger partial charge in [0.25, 0.3) is 0 Å². The van der Waals surface area contributed by atoms with Crippen molar-refractivity contribution in [2.75, 3.05) is 24.6 Å². The first-order valence-corrected chi connectivity index (χ1v) is 7.40. The molecule has 3 amide bonds. The van der Waals surface area contributed by atoms with E-state index >= 15 is 0 Å². The molecule has 3 N–H and O–H groups in total. The quantitative estimate of drug-likeness (QED) is 0.722. The fourth-order valence-corrected chi connectivity index (χ4v) is 2.88. The molecule has 18 heavy (non-hydrogen) atoms. The van der Waals surface area contributed by atoms with Crippen molar-refractivity contribution >= 4 is 22.7 Å². The van der Waals surface area contributed by atoms with Crippen molar-refractivity contribution < 1.29 is 13.8 Å². The highest BCUT2D eigenvalue weighted by molar-refractivity contribution is 7.85. The fourth-order valence-electron chi connectivity index (χ4n) is 1.83. The molecule has 1 atom stereocenters. The van der Waals surface area contributed by atoms with Crippen molar-refractivity contribution in [3.05, 3.63) is 0 Å². The number of rotatable bonds is 2. The zero-order valence-corrected chi connectivity index (χ0v) is 11.9. The molecule has 0 bridgehead atoms. The van der Waals surface area contributed by atoms with Gasteiger partial charge in [-0.1, -0.05) is 20.8 Å². The molecule has 1 aliphatic rings. The normalized spacial score (nSPS) is 19.4. The zero-order valence-electron chi connectivity index (χ0n) is 11.1. The maximum Gasteiger partial charge on any atom is 0.312 e. The smallest absolute Gasteiger partial charge is 0.312 e. The highest BCUT2D eigenvalue weighted by Crippen LogP contribution is 2.21. The molecular weight excluding hydrogens is 254 g/mol. The van der Waals surface area contributed by atoms with Crippen LogP contribution in [0, 0.1) is 5.41 Å². The summed E-state index contributed by atoms with van der Waals surface area (Å²) in [5.41, 5.74) is 4.70. The Bertz CT molecular complexity index is 355. The molecule has 1 rings (SSSR count). The van der Waals surface area contributed by atoms with Crippen LogP contribution in [-0.4, -0.2) is 51.7 Å². The van der Waals surface area contributed by atoms with Crippen molar-refractivity contribution in [3.63, 3.8) is 0 Å². The summed E-state index contributed by atoms with van der Waals surface area (Å²) < 4.78 is 11.3. The van der Waals surface area contributed by atoms with E-state index in [1.165, 1.54) is 0 Å². The van der Waals surface area contributed by atoms with Gasteiger partial charge in [-0.3, -0.25) is 9.00 Å². The first kappa shape index (κ1) is 14.9. The molecule has 0 saturated carbocycles. The molecule has 7 heteroatoms. The van der Waals surface area contributed by atoms with Gasteiger partial charge in [-0.05, 0) is 5.41 Å². The lowest BCUT2D eigenvalue weighted by molar-refractivity contribution is -0.135. The highest BCUT2D eigenvalue weighted by atomic mass is 32.2. The summed E-state index contributed by atoms with van der Waals surface area (Å²) in [5.74, 6) is 0.844. The molecule has 0 aliphatic carbocycles. The third kappa shape index (κ3) is 3.97. The van der Waals surface area contributed by atoms with Crippen LogP contribution in [0.5, 0.6) is 0 Å².